The molecule has 0 aromatic heterocycles. The summed E-state index contributed by atoms with van der Waals surface area (Å²) in [4.78, 5) is 24.5. The van der Waals surface area contributed by atoms with Crippen LogP contribution in [0.25, 0.3) is 0 Å². The third-order valence-electron chi connectivity index (χ3n) is 2.32. The number of carbonyl (C=O) groups is 2. The average molecular weight is 199 g/mol. The van der Waals surface area contributed by atoms with Crippen molar-refractivity contribution in [2.75, 3.05) is 13.1 Å². The van der Waals surface area contributed by atoms with E-state index in [9.17, 15) is 14.7 Å². The van der Waals surface area contributed by atoms with Gasteiger partial charge in [0.25, 0.3) is 0 Å². The molecule has 0 bridgehead atoms. The van der Waals surface area contributed by atoms with Gasteiger partial charge >= 0.3 is 0 Å². The fourth-order valence-corrected chi connectivity index (χ4v) is 1.46. The molecule has 0 aromatic carbocycles. The monoisotopic (exact) mass is 199 g/mol. The summed E-state index contributed by atoms with van der Waals surface area (Å²) in [6.45, 7) is 6.00. The van der Waals surface area contributed by atoms with Crippen LogP contribution >= 0.6 is 0 Å². The molecular weight excluding hydrogens is 182 g/mol. The lowest BCUT2D eigenvalue weighted by Crippen LogP contribution is -2.49. The molecule has 0 saturated carbocycles. The molecule has 0 unspecified atom stereocenters. The molecule has 1 aliphatic rings. The lowest BCUT2D eigenvalue weighted by atomic mass is 9.93. The molecule has 1 heterocycles. The molecule has 1 amide bonds. The molecular formula is C10H17NO3. The highest BCUT2D eigenvalue weighted by atomic mass is 16.3. The van der Waals surface area contributed by atoms with Gasteiger partial charge in [-0.3, -0.25) is 9.59 Å². The topological polar surface area (TPSA) is 57.6 Å². The first-order chi connectivity index (χ1) is 6.32. The molecule has 0 spiro atoms. The Hall–Kier alpha value is -0.900. The van der Waals surface area contributed by atoms with Crippen LogP contribution in [0.4, 0.5) is 0 Å². The second kappa shape index (κ2) is 3.69. The number of nitrogens with zero attached hydrogens (tertiary/aromatic N) is 1. The predicted octanol–water partition coefficient (Wildman–Crippen LogP) is 0.195. The van der Waals surface area contributed by atoms with E-state index in [0.717, 1.165) is 0 Å². The van der Waals surface area contributed by atoms with Crippen molar-refractivity contribution in [1.82, 2.24) is 4.90 Å². The maximum absolute atomic E-state index is 11.8. The molecule has 0 aromatic rings. The van der Waals surface area contributed by atoms with Crippen molar-refractivity contribution in [3.05, 3.63) is 0 Å². The summed E-state index contributed by atoms with van der Waals surface area (Å²) in [5.41, 5.74) is -0.456. The van der Waals surface area contributed by atoms with E-state index in [4.69, 9.17) is 0 Å². The molecule has 4 nitrogen and oxygen atoms in total. The van der Waals surface area contributed by atoms with Gasteiger partial charge in [0, 0.05) is 12.0 Å². The first-order valence-electron chi connectivity index (χ1n) is 4.82. The summed E-state index contributed by atoms with van der Waals surface area (Å²) in [5, 5.41) is 9.19. The molecule has 0 aliphatic carbocycles. The number of ketones is 1. The maximum Gasteiger partial charge on any atom is 0.228 e. The van der Waals surface area contributed by atoms with Crippen LogP contribution in [0, 0.1) is 5.41 Å². The van der Waals surface area contributed by atoms with E-state index in [0.29, 0.717) is 13.0 Å². The second-order valence-corrected chi connectivity index (χ2v) is 4.75. The Bertz CT molecular complexity index is 255. The predicted molar refractivity (Wildman–Crippen MR) is 51.7 cm³/mol. The van der Waals surface area contributed by atoms with Crippen molar-refractivity contribution in [2.24, 2.45) is 5.41 Å². The first-order valence-corrected chi connectivity index (χ1v) is 4.82. The largest absolute Gasteiger partial charge is 0.385 e. The Balaban J connectivity index is 2.64. The van der Waals surface area contributed by atoms with Gasteiger partial charge in [0.1, 0.15) is 6.10 Å². The first kappa shape index (κ1) is 11.2. The molecule has 80 valence electrons. The van der Waals surface area contributed by atoms with Crippen LogP contribution in [0.2, 0.25) is 0 Å². The normalized spacial score (nSPS) is 23.9. The van der Waals surface area contributed by atoms with E-state index in [1.54, 1.807) is 0 Å². The Labute approximate surface area is 83.9 Å². The lowest BCUT2D eigenvalue weighted by Gasteiger charge is -2.33. The van der Waals surface area contributed by atoms with E-state index >= 15 is 0 Å². The van der Waals surface area contributed by atoms with Gasteiger partial charge < -0.3 is 10.0 Å². The highest BCUT2D eigenvalue weighted by Crippen LogP contribution is 2.19. The van der Waals surface area contributed by atoms with Crippen LogP contribution in [0.1, 0.15) is 27.2 Å². The van der Waals surface area contributed by atoms with Gasteiger partial charge in [0.2, 0.25) is 5.91 Å². The van der Waals surface area contributed by atoms with Gasteiger partial charge in [-0.15, -0.1) is 0 Å². The van der Waals surface area contributed by atoms with Gasteiger partial charge in [0.05, 0.1) is 6.54 Å². The highest BCUT2D eigenvalue weighted by molar-refractivity contribution is 5.91. The van der Waals surface area contributed by atoms with Crippen molar-refractivity contribution in [3.8, 4) is 0 Å². The molecule has 14 heavy (non-hydrogen) atoms. The van der Waals surface area contributed by atoms with Crippen LogP contribution in [0.5, 0.6) is 0 Å². The number of Topliss-reactive ketones (excluding diaryl/α,β-unsaturated/α-hetero) is 1. The molecule has 1 rings (SSSR count). The molecule has 0 radical (unpaired) electrons. The third kappa shape index (κ3) is 2.32. The van der Waals surface area contributed by atoms with Crippen molar-refractivity contribution >= 4 is 11.7 Å². The number of likely N-dealkylation sites (tertiary alicyclic amines) is 1. The minimum atomic E-state index is -0.876. The van der Waals surface area contributed by atoms with E-state index < -0.39 is 11.5 Å². The number of hydrogen-bond acceptors (Lipinski definition) is 3. The number of piperidine rings is 1. The van der Waals surface area contributed by atoms with E-state index in [2.05, 4.69) is 0 Å². The summed E-state index contributed by atoms with van der Waals surface area (Å²) in [7, 11) is 0. The van der Waals surface area contributed by atoms with Gasteiger partial charge in [0.15, 0.2) is 5.78 Å². The van der Waals surface area contributed by atoms with Crippen molar-refractivity contribution in [3.63, 3.8) is 0 Å². The van der Waals surface area contributed by atoms with Gasteiger partial charge in [-0.1, -0.05) is 20.8 Å². The van der Waals surface area contributed by atoms with Gasteiger partial charge in [-0.25, -0.2) is 0 Å². The number of rotatable bonds is 0. The van der Waals surface area contributed by atoms with Crippen LogP contribution < -0.4 is 0 Å². The van der Waals surface area contributed by atoms with Crippen molar-refractivity contribution in [2.45, 2.75) is 33.3 Å². The van der Waals surface area contributed by atoms with Crippen LogP contribution in [0.15, 0.2) is 0 Å². The summed E-state index contributed by atoms with van der Waals surface area (Å²) < 4.78 is 0. The number of aliphatic hydroxyl groups is 1. The summed E-state index contributed by atoms with van der Waals surface area (Å²) in [6, 6.07) is 0. The number of aliphatic hydroxyl groups excluding tert-OH is 1. The molecule has 4 heteroatoms. The summed E-state index contributed by atoms with van der Waals surface area (Å²) in [6.07, 6.45) is -0.514. The Morgan fingerprint density at radius 2 is 2.07 bits per heavy atom. The second-order valence-electron chi connectivity index (χ2n) is 4.75. The summed E-state index contributed by atoms with van der Waals surface area (Å²) >= 11 is 0. The van der Waals surface area contributed by atoms with Gasteiger partial charge in [-0.2, -0.15) is 0 Å². The number of carbonyl (C=O) groups excluding carboxylic acids is 2. The Kier molecular flexibility index (Phi) is 2.95. The smallest absolute Gasteiger partial charge is 0.228 e. The minimum Gasteiger partial charge on any atom is -0.385 e. The molecule has 1 aliphatic heterocycles. The lowest BCUT2D eigenvalue weighted by molar-refractivity contribution is -0.147. The van der Waals surface area contributed by atoms with E-state index in [-0.39, 0.29) is 18.2 Å². The average Bonchev–Trinajstić information content (AvgIpc) is 2.07. The zero-order chi connectivity index (χ0) is 10.9. The fourth-order valence-electron chi connectivity index (χ4n) is 1.46. The van der Waals surface area contributed by atoms with Crippen molar-refractivity contribution < 1.29 is 14.7 Å². The minimum absolute atomic E-state index is 0.0299. The molecule has 1 atom stereocenters. The zero-order valence-corrected chi connectivity index (χ0v) is 8.91. The molecule has 1 saturated heterocycles. The quantitative estimate of drug-likeness (QED) is 0.606. The Morgan fingerprint density at radius 3 is 2.50 bits per heavy atom. The standard InChI is InChI=1S/C10H17NO3/c1-10(2,3)9(14)11-5-4-7(12)8(13)6-11/h7,12H,4-6H2,1-3H3/t7-/m0/s1. The summed E-state index contributed by atoms with van der Waals surface area (Å²) in [5.74, 6) is -0.286. The van der Waals surface area contributed by atoms with Crippen LogP contribution in [-0.2, 0) is 9.59 Å². The Morgan fingerprint density at radius 1 is 1.50 bits per heavy atom. The maximum atomic E-state index is 11.8. The SMILES string of the molecule is CC(C)(C)C(=O)N1CC[C@H](O)C(=O)C1. The highest BCUT2D eigenvalue weighted by Gasteiger charge is 2.33. The fraction of sp³-hybridized carbons (Fsp3) is 0.800. The van der Waals surface area contributed by atoms with Gasteiger partial charge in [-0.05, 0) is 6.42 Å². The van der Waals surface area contributed by atoms with E-state index in [1.807, 2.05) is 20.8 Å². The number of amides is 1. The third-order valence-corrected chi connectivity index (χ3v) is 2.32. The van der Waals surface area contributed by atoms with Crippen LogP contribution in [-0.4, -0.2) is 40.9 Å². The number of hydrogen-bond donors (Lipinski definition) is 1. The molecule has 1 fully saturated rings. The zero-order valence-electron chi connectivity index (χ0n) is 8.91. The van der Waals surface area contributed by atoms with E-state index in [1.165, 1.54) is 4.90 Å². The van der Waals surface area contributed by atoms with Crippen molar-refractivity contribution in [1.29, 1.82) is 0 Å². The molecule has 1 N–H and O–H groups in total. The van der Waals surface area contributed by atoms with Crippen LogP contribution in [0.3, 0.4) is 0 Å².